The lowest BCUT2D eigenvalue weighted by atomic mass is 10.0. The number of benzene rings is 2. The Morgan fingerprint density at radius 3 is 2.50 bits per heavy atom. The molecule has 0 aromatic heterocycles. The smallest absolute Gasteiger partial charge is 0.254 e. The number of ether oxygens (including phenoxy) is 1. The van der Waals surface area contributed by atoms with Crippen LogP contribution in [0.3, 0.4) is 0 Å². The number of hydrogen-bond acceptors (Lipinski definition) is 4. The molecule has 0 spiro atoms. The van der Waals surface area contributed by atoms with Crippen molar-refractivity contribution in [3.05, 3.63) is 64.7 Å². The molecule has 2 aromatic carbocycles. The first-order valence-corrected chi connectivity index (χ1v) is 9.19. The number of carbonyl (C=O) groups is 1. The van der Waals surface area contributed by atoms with Crippen LogP contribution >= 0.6 is 0 Å². The number of nitrogens with one attached hydrogen (secondary N) is 2. The van der Waals surface area contributed by atoms with Crippen LogP contribution in [-0.4, -0.2) is 49.5 Å². The van der Waals surface area contributed by atoms with Gasteiger partial charge in [0.05, 0.1) is 19.8 Å². The van der Waals surface area contributed by atoms with Gasteiger partial charge in [-0.1, -0.05) is 11.8 Å². The van der Waals surface area contributed by atoms with Crippen molar-refractivity contribution in [1.82, 2.24) is 4.90 Å². The van der Waals surface area contributed by atoms with E-state index in [-0.39, 0.29) is 11.7 Å². The predicted octanol–water partition coefficient (Wildman–Crippen LogP) is 2.22. The van der Waals surface area contributed by atoms with Gasteiger partial charge in [0.25, 0.3) is 5.91 Å². The maximum atomic E-state index is 12.5. The third-order valence-electron chi connectivity index (χ3n) is 4.57. The van der Waals surface area contributed by atoms with Gasteiger partial charge in [0.2, 0.25) is 0 Å². The Hall–Kier alpha value is -3.30. The molecule has 1 heterocycles. The number of nitrogen functional groups attached to an aromatic ring is 1. The zero-order valence-corrected chi connectivity index (χ0v) is 15.9. The molecule has 144 valence electrons. The first-order valence-electron chi connectivity index (χ1n) is 9.19. The van der Waals surface area contributed by atoms with Crippen LogP contribution in [0, 0.1) is 24.2 Å². The Kier molecular flexibility index (Phi) is 6.30. The summed E-state index contributed by atoms with van der Waals surface area (Å²) in [6.07, 6.45) is 0. The second-order valence-electron chi connectivity index (χ2n) is 6.58. The van der Waals surface area contributed by atoms with Crippen LogP contribution in [-0.2, 0) is 4.74 Å². The molecule has 1 aliphatic rings. The molecule has 1 amide bonds. The number of rotatable bonds is 4. The molecule has 6 nitrogen and oxygen atoms in total. The van der Waals surface area contributed by atoms with E-state index in [0.29, 0.717) is 44.0 Å². The van der Waals surface area contributed by atoms with E-state index in [1.54, 1.807) is 12.1 Å². The number of hydrogen-bond donors (Lipinski definition) is 3. The molecule has 0 aliphatic carbocycles. The lowest BCUT2D eigenvalue weighted by molar-refractivity contribution is 0.0303. The highest BCUT2D eigenvalue weighted by Crippen LogP contribution is 2.13. The van der Waals surface area contributed by atoms with Crippen LogP contribution in [0.25, 0.3) is 0 Å². The van der Waals surface area contributed by atoms with E-state index in [1.165, 1.54) is 0 Å². The normalized spacial score (nSPS) is 13.4. The Bertz CT molecular complexity index is 920. The molecule has 0 radical (unpaired) electrons. The molecule has 3 rings (SSSR count). The lowest BCUT2D eigenvalue weighted by Crippen LogP contribution is -2.40. The number of morpholine rings is 1. The molecule has 1 fully saturated rings. The van der Waals surface area contributed by atoms with Gasteiger partial charge in [-0.2, -0.15) is 0 Å². The zero-order chi connectivity index (χ0) is 19.9. The summed E-state index contributed by atoms with van der Waals surface area (Å²) < 4.78 is 5.30. The Morgan fingerprint density at radius 2 is 1.86 bits per heavy atom. The minimum Gasteiger partial charge on any atom is -0.384 e. The number of nitrogens with two attached hydrogens (primary N) is 1. The number of amidine groups is 1. The van der Waals surface area contributed by atoms with Crippen molar-refractivity contribution in [3.63, 3.8) is 0 Å². The van der Waals surface area contributed by atoms with E-state index < -0.39 is 0 Å². The third kappa shape index (κ3) is 4.90. The predicted molar refractivity (Wildman–Crippen MR) is 111 cm³/mol. The molecule has 1 saturated heterocycles. The quantitative estimate of drug-likeness (QED) is 0.433. The minimum atomic E-state index is 0.0431. The van der Waals surface area contributed by atoms with E-state index in [0.717, 1.165) is 16.8 Å². The van der Waals surface area contributed by atoms with Gasteiger partial charge in [-0.25, -0.2) is 0 Å². The Labute approximate surface area is 165 Å². The fourth-order valence-electron chi connectivity index (χ4n) is 2.94. The van der Waals surface area contributed by atoms with Crippen LogP contribution in [0.15, 0.2) is 42.5 Å². The maximum absolute atomic E-state index is 12.5. The highest BCUT2D eigenvalue weighted by molar-refractivity contribution is 5.95. The van der Waals surface area contributed by atoms with Crippen molar-refractivity contribution >= 4 is 17.4 Å². The average Bonchev–Trinajstić information content (AvgIpc) is 2.72. The van der Waals surface area contributed by atoms with Crippen molar-refractivity contribution in [1.29, 1.82) is 5.41 Å². The summed E-state index contributed by atoms with van der Waals surface area (Å²) in [5.74, 6) is 6.34. The molecule has 1 aliphatic heterocycles. The van der Waals surface area contributed by atoms with Crippen LogP contribution in [0.2, 0.25) is 0 Å². The number of amides is 1. The van der Waals surface area contributed by atoms with E-state index in [9.17, 15) is 4.79 Å². The Morgan fingerprint density at radius 1 is 1.18 bits per heavy atom. The summed E-state index contributed by atoms with van der Waals surface area (Å²) in [6.45, 7) is 4.93. The van der Waals surface area contributed by atoms with Crippen molar-refractivity contribution < 1.29 is 9.53 Å². The van der Waals surface area contributed by atoms with Gasteiger partial charge < -0.3 is 20.7 Å². The second-order valence-corrected chi connectivity index (χ2v) is 6.58. The topological polar surface area (TPSA) is 91.4 Å². The number of nitrogens with zero attached hydrogens (tertiary/aromatic N) is 1. The summed E-state index contributed by atoms with van der Waals surface area (Å²) >= 11 is 0. The summed E-state index contributed by atoms with van der Waals surface area (Å²) in [7, 11) is 0. The zero-order valence-electron chi connectivity index (χ0n) is 15.9. The SMILES string of the molecule is Cc1cc(C(=O)N2CCOCC2)ccc1C#CCNc1ccc(C(=N)N)cc1. The van der Waals surface area contributed by atoms with E-state index in [1.807, 2.05) is 42.2 Å². The van der Waals surface area contributed by atoms with Gasteiger partial charge in [-0.3, -0.25) is 10.2 Å². The second kappa shape index (κ2) is 9.07. The summed E-state index contributed by atoms with van der Waals surface area (Å²) in [6, 6.07) is 13.0. The van der Waals surface area contributed by atoms with Crippen LogP contribution < -0.4 is 11.1 Å². The fourth-order valence-corrected chi connectivity index (χ4v) is 2.94. The van der Waals surface area contributed by atoms with Gasteiger partial charge >= 0.3 is 0 Å². The maximum Gasteiger partial charge on any atom is 0.254 e. The first-order chi connectivity index (χ1) is 13.5. The van der Waals surface area contributed by atoms with Crippen molar-refractivity contribution in [2.24, 2.45) is 5.73 Å². The summed E-state index contributed by atoms with van der Waals surface area (Å²) in [5, 5.41) is 10.6. The average molecular weight is 376 g/mol. The number of aryl methyl sites for hydroxylation is 1. The molecular formula is C22H24N4O2. The Balaban J connectivity index is 1.59. The van der Waals surface area contributed by atoms with Gasteiger partial charge in [-0.05, 0) is 55.0 Å². The number of carbonyl (C=O) groups excluding carboxylic acids is 1. The largest absolute Gasteiger partial charge is 0.384 e. The highest BCUT2D eigenvalue weighted by atomic mass is 16.5. The van der Waals surface area contributed by atoms with Crippen molar-refractivity contribution in [2.45, 2.75) is 6.92 Å². The third-order valence-corrected chi connectivity index (χ3v) is 4.57. The van der Waals surface area contributed by atoms with E-state index in [4.69, 9.17) is 15.9 Å². The molecule has 28 heavy (non-hydrogen) atoms. The minimum absolute atomic E-state index is 0.0431. The molecule has 6 heteroatoms. The molecular weight excluding hydrogens is 352 g/mol. The van der Waals surface area contributed by atoms with Gasteiger partial charge in [0, 0.05) is 35.5 Å². The van der Waals surface area contributed by atoms with Crippen LogP contribution in [0.4, 0.5) is 5.69 Å². The monoisotopic (exact) mass is 376 g/mol. The molecule has 0 atom stereocenters. The summed E-state index contributed by atoms with van der Waals surface area (Å²) in [5.41, 5.74) is 9.64. The van der Waals surface area contributed by atoms with Crippen molar-refractivity contribution in [2.75, 3.05) is 38.2 Å². The molecule has 4 N–H and O–H groups in total. The van der Waals surface area contributed by atoms with Crippen LogP contribution in [0.5, 0.6) is 0 Å². The molecule has 0 saturated carbocycles. The van der Waals surface area contributed by atoms with E-state index in [2.05, 4.69) is 17.2 Å². The summed E-state index contributed by atoms with van der Waals surface area (Å²) in [4.78, 5) is 14.4. The van der Waals surface area contributed by atoms with Crippen LogP contribution in [0.1, 0.15) is 27.0 Å². The number of anilines is 1. The molecule has 2 aromatic rings. The fraction of sp³-hybridized carbons (Fsp3) is 0.273. The van der Waals surface area contributed by atoms with Gasteiger partial charge in [0.1, 0.15) is 5.84 Å². The van der Waals surface area contributed by atoms with Gasteiger partial charge in [0.15, 0.2) is 0 Å². The van der Waals surface area contributed by atoms with Gasteiger partial charge in [-0.15, -0.1) is 0 Å². The van der Waals surface area contributed by atoms with E-state index >= 15 is 0 Å². The molecule has 0 unspecified atom stereocenters. The van der Waals surface area contributed by atoms with Crippen molar-refractivity contribution in [3.8, 4) is 11.8 Å². The lowest BCUT2D eigenvalue weighted by Gasteiger charge is -2.27. The standard InChI is InChI=1S/C22H24N4O2/c1-16-15-19(22(27)26-11-13-28-14-12-26)5-4-17(16)3-2-10-25-20-8-6-18(7-9-20)21(23)24/h4-9,15,25H,10-14H2,1H3,(H3,23,24). The first kappa shape index (κ1) is 19.5. The highest BCUT2D eigenvalue weighted by Gasteiger charge is 2.18. The molecule has 0 bridgehead atoms.